The van der Waals surface area contributed by atoms with Crippen molar-refractivity contribution in [3.05, 3.63) is 34.4 Å². The molecule has 2 rings (SSSR count). The van der Waals surface area contributed by atoms with Crippen LogP contribution >= 0.6 is 0 Å². The van der Waals surface area contributed by atoms with E-state index >= 15 is 0 Å². The van der Waals surface area contributed by atoms with E-state index in [4.69, 9.17) is 0 Å². The normalized spacial score (nSPS) is 17.3. The molecule has 0 saturated carbocycles. The van der Waals surface area contributed by atoms with Crippen molar-refractivity contribution in [1.29, 1.82) is 0 Å². The zero-order valence-electron chi connectivity index (χ0n) is 17.3. The van der Waals surface area contributed by atoms with Crippen LogP contribution in [0, 0.1) is 10.1 Å². The van der Waals surface area contributed by atoms with Gasteiger partial charge in [0.05, 0.1) is 16.4 Å². The summed E-state index contributed by atoms with van der Waals surface area (Å²) in [6.07, 6.45) is 1.24. The molecule has 176 valence electrons. The van der Waals surface area contributed by atoms with Gasteiger partial charge < -0.3 is 21.1 Å². The van der Waals surface area contributed by atoms with Crippen molar-refractivity contribution in [2.45, 2.75) is 43.2 Å². The maximum atomic E-state index is 13.0. The van der Waals surface area contributed by atoms with Crippen molar-refractivity contribution in [1.82, 2.24) is 20.3 Å². The summed E-state index contributed by atoms with van der Waals surface area (Å²) in [6.45, 7) is 1.89. The van der Waals surface area contributed by atoms with Crippen molar-refractivity contribution in [3.63, 3.8) is 0 Å². The molecule has 1 heterocycles. The Kier molecular flexibility index (Phi) is 8.48. The summed E-state index contributed by atoms with van der Waals surface area (Å²) in [7, 11) is -4.14. The number of non-ortho nitro benzene ring substituents is 1. The van der Waals surface area contributed by atoms with Crippen LogP contribution in [0.2, 0.25) is 0 Å². The minimum atomic E-state index is -4.14. The van der Waals surface area contributed by atoms with Gasteiger partial charge in [-0.15, -0.1) is 0 Å². The molecule has 4 N–H and O–H groups in total. The van der Waals surface area contributed by atoms with Gasteiger partial charge in [-0.3, -0.25) is 14.9 Å². The Labute approximate surface area is 184 Å². The molecule has 1 saturated heterocycles. The summed E-state index contributed by atoms with van der Waals surface area (Å²) < 4.78 is 26.9. The molecule has 3 amide bonds. The van der Waals surface area contributed by atoms with Crippen LogP contribution in [0.3, 0.4) is 0 Å². The molecule has 2 unspecified atom stereocenters. The topological polar surface area (TPSA) is 188 Å². The number of rotatable bonds is 10. The molecule has 13 nitrogen and oxygen atoms in total. The second kappa shape index (κ2) is 10.9. The molecule has 1 aliphatic rings. The van der Waals surface area contributed by atoms with E-state index in [2.05, 4.69) is 16.0 Å². The lowest BCUT2D eigenvalue weighted by atomic mass is 10.2. The van der Waals surface area contributed by atoms with Crippen LogP contribution in [0.4, 0.5) is 10.5 Å². The second-order valence-corrected chi connectivity index (χ2v) is 8.95. The quantitative estimate of drug-likeness (QED) is 0.271. The van der Waals surface area contributed by atoms with Crippen LogP contribution in [-0.2, 0) is 19.6 Å². The lowest BCUT2D eigenvalue weighted by Gasteiger charge is -2.25. The fourth-order valence-corrected chi connectivity index (χ4v) is 4.79. The van der Waals surface area contributed by atoms with Gasteiger partial charge in [0.1, 0.15) is 12.1 Å². The van der Waals surface area contributed by atoms with E-state index in [-0.39, 0.29) is 23.5 Å². The number of hydrogen-bond donors (Lipinski definition) is 4. The maximum absolute atomic E-state index is 13.0. The van der Waals surface area contributed by atoms with E-state index in [9.17, 15) is 38.0 Å². The van der Waals surface area contributed by atoms with Crippen LogP contribution < -0.4 is 16.0 Å². The third kappa shape index (κ3) is 6.13. The average Bonchev–Trinajstić information content (AvgIpc) is 3.26. The molecule has 0 radical (unpaired) electrons. The van der Waals surface area contributed by atoms with Crippen molar-refractivity contribution in [2.24, 2.45) is 0 Å². The van der Waals surface area contributed by atoms with E-state index in [0.29, 0.717) is 19.4 Å². The fourth-order valence-electron chi connectivity index (χ4n) is 3.13. The van der Waals surface area contributed by atoms with E-state index in [1.165, 1.54) is 0 Å². The molecule has 14 heteroatoms. The Morgan fingerprint density at radius 3 is 2.47 bits per heavy atom. The number of carboxylic acid groups (broad SMARTS) is 1. The van der Waals surface area contributed by atoms with Gasteiger partial charge in [-0.1, -0.05) is 6.92 Å². The zero-order valence-corrected chi connectivity index (χ0v) is 18.1. The predicted octanol–water partition coefficient (Wildman–Crippen LogP) is 0.0265. The van der Waals surface area contributed by atoms with Crippen LogP contribution in [0.25, 0.3) is 0 Å². The molecule has 0 aromatic heterocycles. The Morgan fingerprint density at radius 2 is 1.91 bits per heavy atom. The predicted molar refractivity (Wildman–Crippen MR) is 111 cm³/mol. The maximum Gasteiger partial charge on any atom is 0.328 e. The van der Waals surface area contributed by atoms with E-state index < -0.39 is 51.5 Å². The lowest BCUT2D eigenvalue weighted by molar-refractivity contribution is -0.384. The summed E-state index contributed by atoms with van der Waals surface area (Å²) in [5.74, 6) is -2.20. The molecule has 2 atom stereocenters. The number of benzene rings is 1. The van der Waals surface area contributed by atoms with Gasteiger partial charge in [-0.05, 0) is 31.4 Å². The van der Waals surface area contributed by atoms with Gasteiger partial charge in [0.15, 0.2) is 0 Å². The molecule has 1 aromatic rings. The number of nitro benzene ring substituents is 1. The monoisotopic (exact) mass is 471 g/mol. The first-order valence-corrected chi connectivity index (χ1v) is 11.3. The molecule has 0 bridgehead atoms. The number of nitrogens with one attached hydrogen (secondary N) is 3. The van der Waals surface area contributed by atoms with E-state index in [1.54, 1.807) is 0 Å². The highest BCUT2D eigenvalue weighted by atomic mass is 32.2. The average molecular weight is 471 g/mol. The molecule has 0 spiro atoms. The zero-order chi connectivity index (χ0) is 23.9. The number of aliphatic carboxylic acids is 1. The van der Waals surface area contributed by atoms with Crippen molar-refractivity contribution in [3.8, 4) is 0 Å². The number of carbonyl (C=O) groups is 3. The number of hydrogen-bond acceptors (Lipinski definition) is 7. The number of urea groups is 1. The van der Waals surface area contributed by atoms with Crippen molar-refractivity contribution >= 4 is 33.6 Å². The highest BCUT2D eigenvalue weighted by Gasteiger charge is 2.40. The van der Waals surface area contributed by atoms with Crippen LogP contribution in [0.1, 0.15) is 26.2 Å². The first-order chi connectivity index (χ1) is 15.1. The van der Waals surface area contributed by atoms with Gasteiger partial charge in [0, 0.05) is 25.2 Å². The minimum absolute atomic E-state index is 0.0345. The fraction of sp³-hybridized carbons (Fsp3) is 0.500. The Morgan fingerprint density at radius 1 is 1.25 bits per heavy atom. The number of nitrogens with zero attached hydrogens (tertiary/aromatic N) is 2. The number of carboxylic acids is 1. The Balaban J connectivity index is 2.10. The van der Waals surface area contributed by atoms with Gasteiger partial charge in [-0.25, -0.2) is 18.0 Å². The highest BCUT2D eigenvalue weighted by molar-refractivity contribution is 7.89. The molecule has 1 aromatic carbocycles. The Bertz CT molecular complexity index is 966. The summed E-state index contributed by atoms with van der Waals surface area (Å²) in [6, 6.07) is 1.07. The lowest BCUT2D eigenvalue weighted by Crippen LogP contribution is -2.54. The summed E-state index contributed by atoms with van der Waals surface area (Å²) in [5, 5.41) is 27.3. The van der Waals surface area contributed by atoms with Gasteiger partial charge in [0.2, 0.25) is 15.9 Å². The highest BCUT2D eigenvalue weighted by Crippen LogP contribution is 2.27. The summed E-state index contributed by atoms with van der Waals surface area (Å²) in [5.41, 5.74) is -0.278. The largest absolute Gasteiger partial charge is 0.480 e. The molecule has 32 heavy (non-hydrogen) atoms. The summed E-state index contributed by atoms with van der Waals surface area (Å²) >= 11 is 0. The standard InChI is InChI=1S/C18H25N5O8S/c1-2-9-19-18(27)20-11-14(17(25)26)21-16(24)15-4-3-10-22(15)32(30,31)13-7-5-12(6-8-13)23(28)29/h5-8,14-15H,2-4,9-11H2,1H3,(H,21,24)(H,25,26)(H2,19,20,27). The molecule has 0 aliphatic carbocycles. The molecular formula is C18H25N5O8S. The van der Waals surface area contributed by atoms with Gasteiger partial charge in [0.25, 0.3) is 5.69 Å². The van der Waals surface area contributed by atoms with Gasteiger partial charge in [-0.2, -0.15) is 4.31 Å². The van der Waals surface area contributed by atoms with Crippen molar-refractivity contribution < 1.29 is 32.8 Å². The van der Waals surface area contributed by atoms with E-state index in [0.717, 1.165) is 28.6 Å². The number of amides is 3. The molecule has 1 fully saturated rings. The minimum Gasteiger partial charge on any atom is -0.480 e. The van der Waals surface area contributed by atoms with Crippen LogP contribution in [-0.4, -0.2) is 72.4 Å². The summed E-state index contributed by atoms with van der Waals surface area (Å²) in [4.78, 5) is 45.7. The Hall–Kier alpha value is -3.26. The van der Waals surface area contributed by atoms with E-state index in [1.807, 2.05) is 6.92 Å². The number of sulfonamides is 1. The van der Waals surface area contributed by atoms with Crippen molar-refractivity contribution in [2.75, 3.05) is 19.6 Å². The third-order valence-electron chi connectivity index (χ3n) is 4.78. The second-order valence-electron chi connectivity index (χ2n) is 7.06. The SMILES string of the molecule is CCCNC(=O)NCC(NC(=O)C1CCCN1S(=O)(=O)c1ccc([N+](=O)[O-])cc1)C(=O)O. The first kappa shape index (κ1) is 25.0. The van der Waals surface area contributed by atoms with Crippen LogP contribution in [0.5, 0.6) is 0 Å². The number of nitro groups is 1. The van der Waals surface area contributed by atoms with Crippen LogP contribution in [0.15, 0.2) is 29.2 Å². The first-order valence-electron chi connectivity index (χ1n) is 9.89. The molecule has 1 aliphatic heterocycles. The van der Waals surface area contributed by atoms with Gasteiger partial charge >= 0.3 is 12.0 Å². The smallest absolute Gasteiger partial charge is 0.328 e. The number of carbonyl (C=O) groups excluding carboxylic acids is 2. The third-order valence-corrected chi connectivity index (χ3v) is 6.70. The molecular weight excluding hydrogens is 446 g/mol.